The van der Waals surface area contributed by atoms with Crippen LogP contribution in [0.25, 0.3) is 0 Å². The number of benzene rings is 1. The average Bonchev–Trinajstić information content (AvgIpc) is 2.33. The molecule has 0 amide bonds. The SMILES string of the molecule is CCCC(CCC)NS(=O)(=O)c1cc(Cl)cc(Cl)c1O. The molecule has 0 aliphatic heterocycles. The standard InChI is InChI=1S/C13H19Cl2NO3S/c1-3-5-10(6-4-2)16-20(18,19)12-8-9(14)7-11(15)13(12)17/h7-8,10,16-17H,3-6H2,1-2H3. The molecule has 2 N–H and O–H groups in total. The van der Waals surface area contributed by atoms with Crippen molar-refractivity contribution in [1.82, 2.24) is 4.72 Å². The lowest BCUT2D eigenvalue weighted by atomic mass is 10.1. The summed E-state index contributed by atoms with van der Waals surface area (Å²) in [5.74, 6) is -0.477. The number of hydrogen-bond donors (Lipinski definition) is 2. The quantitative estimate of drug-likeness (QED) is 0.790. The number of rotatable bonds is 7. The van der Waals surface area contributed by atoms with E-state index in [9.17, 15) is 13.5 Å². The van der Waals surface area contributed by atoms with Crippen LogP contribution >= 0.6 is 23.2 Å². The third kappa shape index (κ3) is 4.52. The summed E-state index contributed by atoms with van der Waals surface area (Å²) in [6, 6.07) is 2.33. The third-order valence-corrected chi connectivity index (χ3v) is 4.92. The van der Waals surface area contributed by atoms with Crippen molar-refractivity contribution in [3.05, 3.63) is 22.2 Å². The largest absolute Gasteiger partial charge is 0.505 e. The normalized spacial score (nSPS) is 12.1. The van der Waals surface area contributed by atoms with Gasteiger partial charge in [-0.2, -0.15) is 0 Å². The molecule has 0 aliphatic rings. The molecule has 0 aromatic heterocycles. The first-order valence-electron chi connectivity index (χ1n) is 6.52. The number of phenols is 1. The maximum Gasteiger partial charge on any atom is 0.244 e. The molecule has 0 fully saturated rings. The van der Waals surface area contributed by atoms with Gasteiger partial charge in [-0.3, -0.25) is 0 Å². The average molecular weight is 340 g/mol. The molecule has 0 spiro atoms. The number of sulfonamides is 1. The molecule has 1 rings (SSSR count). The number of phenolic OH excluding ortho intramolecular Hbond substituents is 1. The van der Waals surface area contributed by atoms with Crippen LogP contribution in [0.3, 0.4) is 0 Å². The van der Waals surface area contributed by atoms with Crippen LogP contribution in [0.2, 0.25) is 10.0 Å². The third-order valence-electron chi connectivity index (χ3n) is 2.88. The summed E-state index contributed by atoms with van der Waals surface area (Å²) in [5, 5.41) is 9.90. The predicted octanol–water partition coefficient (Wildman–Crippen LogP) is 3.95. The van der Waals surface area contributed by atoms with E-state index in [1.807, 2.05) is 13.8 Å². The molecule has 0 atom stereocenters. The summed E-state index contributed by atoms with van der Waals surface area (Å²) in [6.07, 6.45) is 3.22. The Hall–Kier alpha value is -0.490. The highest BCUT2D eigenvalue weighted by Gasteiger charge is 2.24. The van der Waals surface area contributed by atoms with Crippen LogP contribution in [0.15, 0.2) is 17.0 Å². The Morgan fingerprint density at radius 1 is 1.20 bits per heavy atom. The Kier molecular flexibility index (Phi) is 6.58. The van der Waals surface area contributed by atoms with E-state index >= 15 is 0 Å². The van der Waals surface area contributed by atoms with E-state index in [-0.39, 0.29) is 21.0 Å². The second kappa shape index (κ2) is 7.50. The van der Waals surface area contributed by atoms with Gasteiger partial charge >= 0.3 is 0 Å². The van der Waals surface area contributed by atoms with E-state index in [2.05, 4.69) is 4.72 Å². The van der Waals surface area contributed by atoms with Crippen molar-refractivity contribution in [2.24, 2.45) is 0 Å². The van der Waals surface area contributed by atoms with E-state index < -0.39 is 15.8 Å². The summed E-state index contributed by atoms with van der Waals surface area (Å²) in [7, 11) is -3.85. The molecule has 0 unspecified atom stereocenters. The zero-order chi connectivity index (χ0) is 15.3. The molecule has 114 valence electrons. The Labute approximate surface area is 130 Å². The minimum absolute atomic E-state index is 0.0830. The highest BCUT2D eigenvalue weighted by Crippen LogP contribution is 2.34. The van der Waals surface area contributed by atoms with Crippen molar-refractivity contribution in [1.29, 1.82) is 0 Å². The molecule has 4 nitrogen and oxygen atoms in total. The van der Waals surface area contributed by atoms with Crippen molar-refractivity contribution in [3.63, 3.8) is 0 Å². The smallest absolute Gasteiger partial charge is 0.244 e. The first-order valence-corrected chi connectivity index (χ1v) is 8.76. The van der Waals surface area contributed by atoms with E-state index in [0.717, 1.165) is 25.7 Å². The first-order chi connectivity index (χ1) is 9.31. The van der Waals surface area contributed by atoms with Crippen LogP contribution in [-0.2, 0) is 10.0 Å². The fraction of sp³-hybridized carbons (Fsp3) is 0.538. The molecule has 0 bridgehead atoms. The molecule has 0 radical (unpaired) electrons. The van der Waals surface area contributed by atoms with Gasteiger partial charge in [0, 0.05) is 11.1 Å². The van der Waals surface area contributed by atoms with Gasteiger partial charge in [-0.1, -0.05) is 49.9 Å². The second-order valence-electron chi connectivity index (χ2n) is 4.63. The zero-order valence-corrected chi connectivity index (χ0v) is 13.8. The van der Waals surface area contributed by atoms with Gasteiger partial charge in [-0.25, -0.2) is 13.1 Å². The van der Waals surface area contributed by atoms with Crippen molar-refractivity contribution >= 4 is 33.2 Å². The van der Waals surface area contributed by atoms with Crippen molar-refractivity contribution in [2.45, 2.75) is 50.5 Å². The van der Waals surface area contributed by atoms with E-state index in [1.165, 1.54) is 12.1 Å². The van der Waals surface area contributed by atoms with Crippen LogP contribution in [0.5, 0.6) is 5.75 Å². The summed E-state index contributed by atoms with van der Waals surface area (Å²) in [6.45, 7) is 3.98. The number of aromatic hydroxyl groups is 1. The lowest BCUT2D eigenvalue weighted by molar-refractivity contribution is 0.454. The maximum atomic E-state index is 12.3. The highest BCUT2D eigenvalue weighted by atomic mass is 35.5. The minimum Gasteiger partial charge on any atom is -0.505 e. The van der Waals surface area contributed by atoms with Gasteiger partial charge in [-0.15, -0.1) is 0 Å². The Bertz CT molecular complexity index is 555. The van der Waals surface area contributed by atoms with E-state index in [4.69, 9.17) is 23.2 Å². The first kappa shape index (κ1) is 17.6. The molecule has 7 heteroatoms. The fourth-order valence-electron chi connectivity index (χ4n) is 1.99. The van der Waals surface area contributed by atoms with Crippen molar-refractivity contribution in [3.8, 4) is 5.75 Å². The molecule has 1 aromatic rings. The summed E-state index contributed by atoms with van der Waals surface area (Å²) < 4.78 is 27.3. The van der Waals surface area contributed by atoms with Crippen LogP contribution in [0.4, 0.5) is 0 Å². The fourth-order valence-corrected chi connectivity index (χ4v) is 4.05. The highest BCUT2D eigenvalue weighted by molar-refractivity contribution is 7.89. The molecule has 1 aromatic carbocycles. The minimum atomic E-state index is -3.85. The van der Waals surface area contributed by atoms with Gasteiger partial charge in [0.05, 0.1) is 5.02 Å². The van der Waals surface area contributed by atoms with Crippen LogP contribution < -0.4 is 4.72 Å². The second-order valence-corrected chi connectivity index (χ2v) is 7.16. The van der Waals surface area contributed by atoms with E-state index in [0.29, 0.717) is 0 Å². The lowest BCUT2D eigenvalue weighted by Crippen LogP contribution is -2.34. The topological polar surface area (TPSA) is 66.4 Å². The van der Waals surface area contributed by atoms with Crippen LogP contribution in [0.1, 0.15) is 39.5 Å². The maximum absolute atomic E-state index is 12.3. The zero-order valence-electron chi connectivity index (χ0n) is 11.5. The van der Waals surface area contributed by atoms with Crippen molar-refractivity contribution < 1.29 is 13.5 Å². The van der Waals surface area contributed by atoms with Gasteiger partial charge in [0.2, 0.25) is 10.0 Å². The molecule has 0 saturated carbocycles. The Morgan fingerprint density at radius 3 is 2.25 bits per heavy atom. The number of nitrogens with one attached hydrogen (secondary N) is 1. The Balaban J connectivity index is 3.10. The molecular formula is C13H19Cl2NO3S. The van der Waals surface area contributed by atoms with Crippen LogP contribution in [0, 0.1) is 0 Å². The van der Waals surface area contributed by atoms with Gasteiger partial charge in [0.25, 0.3) is 0 Å². The predicted molar refractivity (Wildman–Crippen MR) is 82.1 cm³/mol. The van der Waals surface area contributed by atoms with E-state index in [1.54, 1.807) is 0 Å². The monoisotopic (exact) mass is 339 g/mol. The number of hydrogen-bond acceptors (Lipinski definition) is 3. The molecule has 0 aliphatic carbocycles. The molecule has 0 heterocycles. The van der Waals surface area contributed by atoms with Crippen molar-refractivity contribution in [2.75, 3.05) is 0 Å². The molecule has 20 heavy (non-hydrogen) atoms. The summed E-state index contributed by atoms with van der Waals surface area (Å²) in [4.78, 5) is -0.285. The van der Waals surface area contributed by atoms with Crippen LogP contribution in [-0.4, -0.2) is 19.6 Å². The number of halogens is 2. The van der Waals surface area contributed by atoms with Gasteiger partial charge < -0.3 is 5.11 Å². The summed E-state index contributed by atoms with van der Waals surface area (Å²) in [5.41, 5.74) is 0. The molecule has 0 saturated heterocycles. The summed E-state index contributed by atoms with van der Waals surface area (Å²) >= 11 is 11.6. The lowest BCUT2D eigenvalue weighted by Gasteiger charge is -2.18. The van der Waals surface area contributed by atoms with Gasteiger partial charge in [0.1, 0.15) is 4.90 Å². The van der Waals surface area contributed by atoms with Gasteiger partial charge in [0.15, 0.2) is 5.75 Å². The Morgan fingerprint density at radius 2 is 1.75 bits per heavy atom. The molecular weight excluding hydrogens is 321 g/mol. The van der Waals surface area contributed by atoms with Gasteiger partial charge in [-0.05, 0) is 25.0 Å².